The molecule has 0 radical (unpaired) electrons. The molecular formula is C41H31BrCl2N2O7. The van der Waals surface area contributed by atoms with E-state index in [1.54, 1.807) is 66.7 Å². The van der Waals surface area contributed by atoms with Crippen LogP contribution in [0.25, 0.3) is 0 Å². The predicted molar refractivity (Wildman–Crippen MR) is 201 cm³/mol. The first-order valence-electron chi connectivity index (χ1n) is 17.1. The van der Waals surface area contributed by atoms with Crippen molar-refractivity contribution < 1.29 is 33.8 Å². The Balaban J connectivity index is 1.15. The molecule has 4 aromatic carbocycles. The number of anilines is 1. The van der Waals surface area contributed by atoms with Gasteiger partial charge >= 0.3 is 0 Å². The lowest BCUT2D eigenvalue weighted by molar-refractivity contribution is -0.138. The van der Waals surface area contributed by atoms with E-state index in [9.17, 15) is 29.1 Å². The highest BCUT2D eigenvalue weighted by Gasteiger charge is 2.76. The number of allylic oxidation sites excluding steroid dienone is 2. The van der Waals surface area contributed by atoms with E-state index in [0.717, 1.165) is 15.4 Å². The molecule has 53 heavy (non-hydrogen) atoms. The number of carbonyl (C=O) groups is 5. The standard InChI is InChI=1S/C41H31BrCl2N2O7/c42-22-45-38(51)40(43)20-31-28(34(41(40,44)39(45)52)29-16-15-27(19-32(29)47)53-21-23-7-3-1-4-8-23)17-18-30-33(31)37(50)46(36(30)49)26-13-11-25(12-14-26)35(48)24-9-5-2-6-10-24/h1-17,19,30-31,33-34,47H,18,20-22H2/t30-,31+,33-,34+,40+,41-/m0/s1. The average molecular weight is 815 g/mol. The number of ketones is 1. The van der Waals surface area contributed by atoms with E-state index in [2.05, 4.69) is 15.9 Å². The van der Waals surface area contributed by atoms with Gasteiger partial charge < -0.3 is 9.84 Å². The van der Waals surface area contributed by atoms with E-state index in [1.807, 2.05) is 36.4 Å². The van der Waals surface area contributed by atoms with Crippen molar-refractivity contribution in [3.05, 3.63) is 137 Å². The Hall–Kier alpha value is -4.77. The van der Waals surface area contributed by atoms with Gasteiger partial charge in [0.2, 0.25) is 11.8 Å². The highest BCUT2D eigenvalue weighted by atomic mass is 79.9. The molecule has 1 saturated carbocycles. The number of phenolic OH excluding ortho intramolecular Hbond substituents is 1. The summed E-state index contributed by atoms with van der Waals surface area (Å²) in [5.74, 6) is -6.03. The molecule has 8 rings (SSSR count). The summed E-state index contributed by atoms with van der Waals surface area (Å²) < 4.78 is 5.93. The number of hydrogen-bond donors (Lipinski definition) is 1. The Bertz CT molecular complexity index is 2220. The van der Waals surface area contributed by atoms with Gasteiger partial charge in [-0.05, 0) is 54.7 Å². The number of aromatic hydroxyl groups is 1. The molecule has 6 atom stereocenters. The van der Waals surface area contributed by atoms with Gasteiger partial charge in [-0.2, -0.15) is 0 Å². The van der Waals surface area contributed by atoms with Crippen molar-refractivity contribution in [2.75, 3.05) is 10.4 Å². The number of alkyl halides is 3. The molecule has 9 nitrogen and oxygen atoms in total. The zero-order chi connectivity index (χ0) is 37.2. The maximum Gasteiger partial charge on any atom is 0.254 e. The highest BCUT2D eigenvalue weighted by molar-refractivity contribution is 9.09. The number of carbonyl (C=O) groups excluding carboxylic acids is 5. The van der Waals surface area contributed by atoms with Gasteiger partial charge in [0, 0.05) is 28.7 Å². The predicted octanol–water partition coefficient (Wildman–Crippen LogP) is 7.12. The molecule has 1 N–H and O–H groups in total. The van der Waals surface area contributed by atoms with E-state index in [4.69, 9.17) is 27.9 Å². The monoisotopic (exact) mass is 812 g/mol. The molecular weight excluding hydrogens is 783 g/mol. The van der Waals surface area contributed by atoms with Crippen LogP contribution in [0, 0.1) is 17.8 Å². The summed E-state index contributed by atoms with van der Waals surface area (Å²) in [5.41, 5.74) is 2.76. The number of halogens is 3. The van der Waals surface area contributed by atoms with Gasteiger partial charge in [0.15, 0.2) is 15.5 Å². The van der Waals surface area contributed by atoms with Crippen molar-refractivity contribution in [3.8, 4) is 11.5 Å². The summed E-state index contributed by atoms with van der Waals surface area (Å²) in [6, 6.07) is 29.2. The summed E-state index contributed by atoms with van der Waals surface area (Å²) in [5, 5.41) is 11.5. The maximum absolute atomic E-state index is 14.4. The van der Waals surface area contributed by atoms with Crippen LogP contribution in [0.2, 0.25) is 0 Å². The topological polar surface area (TPSA) is 121 Å². The Morgan fingerprint density at radius 3 is 2.15 bits per heavy atom. The molecule has 0 bridgehead atoms. The molecule has 4 aromatic rings. The molecule has 4 aliphatic rings. The molecule has 0 unspecified atom stereocenters. The van der Waals surface area contributed by atoms with E-state index >= 15 is 0 Å². The molecule has 268 valence electrons. The molecule has 2 aliphatic heterocycles. The molecule has 2 heterocycles. The number of amides is 4. The zero-order valence-corrected chi connectivity index (χ0v) is 31.1. The Morgan fingerprint density at radius 2 is 1.49 bits per heavy atom. The lowest BCUT2D eigenvalue weighted by Crippen LogP contribution is -2.60. The van der Waals surface area contributed by atoms with Crippen molar-refractivity contribution in [2.45, 2.75) is 35.1 Å². The zero-order valence-electron chi connectivity index (χ0n) is 28.0. The van der Waals surface area contributed by atoms with Gasteiger partial charge in [0.1, 0.15) is 18.1 Å². The second-order valence-electron chi connectivity index (χ2n) is 13.7. The first-order chi connectivity index (χ1) is 25.5. The quantitative estimate of drug-likeness (QED) is 0.0662. The van der Waals surface area contributed by atoms with Gasteiger partial charge in [-0.15, -0.1) is 23.2 Å². The molecule has 4 amide bonds. The minimum absolute atomic E-state index is 0.157. The summed E-state index contributed by atoms with van der Waals surface area (Å²) in [6.07, 6.45) is 1.78. The fourth-order valence-electron chi connectivity index (χ4n) is 8.47. The van der Waals surface area contributed by atoms with E-state index < -0.39 is 57.0 Å². The number of nitrogens with zero attached hydrogens (tertiary/aromatic N) is 2. The molecule has 0 spiro atoms. The molecule has 2 aliphatic carbocycles. The number of fused-ring (bicyclic) bond motifs is 4. The average Bonchev–Trinajstić information content (AvgIpc) is 3.52. The fraction of sp³-hybridized carbons (Fsp3) is 0.244. The number of imide groups is 2. The second kappa shape index (κ2) is 13.3. The fourth-order valence-corrected chi connectivity index (χ4v) is 9.89. The van der Waals surface area contributed by atoms with Gasteiger partial charge in [-0.3, -0.25) is 33.8 Å². The lowest BCUT2D eigenvalue weighted by Gasteiger charge is -2.50. The molecule has 0 aromatic heterocycles. The first-order valence-corrected chi connectivity index (χ1v) is 18.9. The third kappa shape index (κ3) is 5.36. The minimum atomic E-state index is -2.06. The van der Waals surface area contributed by atoms with Crippen molar-refractivity contribution in [1.82, 2.24) is 4.90 Å². The third-order valence-electron chi connectivity index (χ3n) is 11.0. The summed E-state index contributed by atoms with van der Waals surface area (Å²) in [7, 11) is 0. The molecule has 12 heteroatoms. The van der Waals surface area contributed by atoms with Gasteiger partial charge in [0.05, 0.1) is 23.0 Å². The van der Waals surface area contributed by atoms with E-state index in [-0.39, 0.29) is 42.0 Å². The van der Waals surface area contributed by atoms with Crippen LogP contribution < -0.4 is 9.64 Å². The number of hydrogen-bond acceptors (Lipinski definition) is 7. The Kier molecular flexibility index (Phi) is 8.83. The van der Waals surface area contributed by atoms with Crippen molar-refractivity contribution >= 4 is 74.2 Å². The molecule has 3 fully saturated rings. The van der Waals surface area contributed by atoms with Crippen LogP contribution in [-0.4, -0.2) is 54.6 Å². The van der Waals surface area contributed by atoms with Crippen molar-refractivity contribution in [1.29, 1.82) is 0 Å². The van der Waals surface area contributed by atoms with Crippen LogP contribution in [0.15, 0.2) is 115 Å². The van der Waals surface area contributed by atoms with Crippen LogP contribution in [0.4, 0.5) is 5.69 Å². The highest BCUT2D eigenvalue weighted by Crippen LogP contribution is 2.66. The largest absolute Gasteiger partial charge is 0.508 e. The summed E-state index contributed by atoms with van der Waals surface area (Å²) in [6.45, 7) is 0.246. The Labute approximate surface area is 323 Å². The van der Waals surface area contributed by atoms with Crippen LogP contribution >= 0.6 is 39.1 Å². The summed E-state index contributed by atoms with van der Waals surface area (Å²) in [4.78, 5) is 67.6. The summed E-state index contributed by atoms with van der Waals surface area (Å²) >= 11 is 17.9. The number of likely N-dealkylation sites (tertiary alicyclic amines) is 1. The SMILES string of the molecule is O=C(c1ccccc1)c1ccc(N2C(=O)[C@H]3[C@H](CC=C4[C@H]3C[C@@]3(Cl)C(=O)N(CBr)C(=O)[C@@]3(Cl)[C@H]4c3ccc(OCc4ccccc4)cc3O)C2=O)cc1. The number of rotatable bonds is 8. The van der Waals surface area contributed by atoms with Gasteiger partial charge in [-0.25, -0.2) is 0 Å². The van der Waals surface area contributed by atoms with E-state index in [0.29, 0.717) is 28.1 Å². The Morgan fingerprint density at radius 1 is 0.830 bits per heavy atom. The van der Waals surface area contributed by atoms with Crippen LogP contribution in [0.1, 0.15) is 45.8 Å². The second-order valence-corrected chi connectivity index (χ2v) is 15.5. The number of ether oxygens (including phenoxy) is 1. The van der Waals surface area contributed by atoms with Gasteiger partial charge in [0.25, 0.3) is 11.8 Å². The van der Waals surface area contributed by atoms with Crippen molar-refractivity contribution in [2.24, 2.45) is 17.8 Å². The van der Waals surface area contributed by atoms with Crippen LogP contribution in [-0.2, 0) is 25.8 Å². The van der Waals surface area contributed by atoms with Crippen molar-refractivity contribution in [3.63, 3.8) is 0 Å². The van der Waals surface area contributed by atoms with E-state index in [1.165, 1.54) is 6.07 Å². The maximum atomic E-state index is 14.4. The van der Waals surface area contributed by atoms with Gasteiger partial charge in [-0.1, -0.05) is 94.3 Å². The number of phenols is 1. The molecule has 2 saturated heterocycles. The smallest absolute Gasteiger partial charge is 0.254 e. The number of benzene rings is 4. The first kappa shape index (κ1) is 35.3. The third-order valence-corrected chi connectivity index (χ3v) is 12.9. The lowest BCUT2D eigenvalue weighted by atomic mass is 9.56. The normalized spacial score (nSPS) is 27.6. The van der Waals surface area contributed by atoms with Crippen LogP contribution in [0.5, 0.6) is 11.5 Å². The van der Waals surface area contributed by atoms with Crippen LogP contribution in [0.3, 0.4) is 0 Å². The minimum Gasteiger partial charge on any atom is -0.508 e.